The Morgan fingerprint density at radius 3 is 2.67 bits per heavy atom. The van der Waals surface area contributed by atoms with Crippen molar-refractivity contribution in [2.45, 2.75) is 32.9 Å². The van der Waals surface area contributed by atoms with Crippen molar-refractivity contribution in [2.75, 3.05) is 5.32 Å². The van der Waals surface area contributed by atoms with Gasteiger partial charge in [-0.3, -0.25) is 4.79 Å². The number of thiophene rings is 1. The van der Waals surface area contributed by atoms with Gasteiger partial charge in [0.2, 0.25) is 5.91 Å². The molecule has 0 aliphatic carbocycles. The molecule has 1 atom stereocenters. The third-order valence-corrected chi connectivity index (χ3v) is 4.04. The second kappa shape index (κ2) is 7.33. The Labute approximate surface area is 128 Å². The second-order valence-corrected chi connectivity index (χ2v) is 6.05. The first-order valence-electron chi connectivity index (χ1n) is 6.86. The Bertz CT molecular complexity index is 595. The van der Waals surface area contributed by atoms with Gasteiger partial charge in [0.05, 0.1) is 5.69 Å². The van der Waals surface area contributed by atoms with E-state index in [9.17, 15) is 9.18 Å². The Morgan fingerprint density at radius 2 is 2.00 bits per heavy atom. The van der Waals surface area contributed by atoms with E-state index < -0.39 is 0 Å². The highest BCUT2D eigenvalue weighted by Gasteiger charge is 2.08. The van der Waals surface area contributed by atoms with E-state index in [2.05, 4.69) is 17.6 Å². The van der Waals surface area contributed by atoms with Gasteiger partial charge < -0.3 is 10.6 Å². The summed E-state index contributed by atoms with van der Waals surface area (Å²) in [5, 5.41) is 8.22. The molecule has 2 N–H and O–H groups in total. The molecular formula is C16H19FN2OS. The maximum Gasteiger partial charge on any atom is 0.221 e. The molecule has 1 aromatic heterocycles. The number of benzene rings is 1. The molecule has 1 unspecified atom stereocenters. The van der Waals surface area contributed by atoms with Gasteiger partial charge in [-0.2, -0.15) is 0 Å². The van der Waals surface area contributed by atoms with Crippen LogP contribution in [0.5, 0.6) is 0 Å². The number of amides is 1. The largest absolute Gasteiger partial charge is 0.325 e. The zero-order chi connectivity index (χ0) is 15.2. The van der Waals surface area contributed by atoms with E-state index in [4.69, 9.17) is 0 Å². The molecule has 3 nitrogen and oxygen atoms in total. The summed E-state index contributed by atoms with van der Waals surface area (Å²) in [4.78, 5) is 12.2. The number of nitrogens with one attached hydrogen (secondary N) is 2. The van der Waals surface area contributed by atoms with E-state index in [0.717, 1.165) is 22.5 Å². The van der Waals surface area contributed by atoms with Crippen molar-refractivity contribution < 1.29 is 9.18 Å². The quantitative estimate of drug-likeness (QED) is 0.856. The van der Waals surface area contributed by atoms with Crippen LogP contribution in [0, 0.1) is 5.82 Å². The van der Waals surface area contributed by atoms with Crippen LogP contribution < -0.4 is 10.6 Å². The summed E-state index contributed by atoms with van der Waals surface area (Å²) < 4.78 is 12.9. The minimum absolute atomic E-state index is 0.0611. The average molecular weight is 306 g/mol. The normalized spacial score (nSPS) is 12.1. The minimum atomic E-state index is -0.210. The predicted molar refractivity (Wildman–Crippen MR) is 85.0 cm³/mol. The SMILES string of the molecule is CC(=O)Nc1ccsc1CNC(C)Cc1ccc(F)cc1. The minimum Gasteiger partial charge on any atom is -0.325 e. The van der Waals surface area contributed by atoms with Gasteiger partial charge in [-0.05, 0) is 42.5 Å². The van der Waals surface area contributed by atoms with Crippen molar-refractivity contribution in [3.63, 3.8) is 0 Å². The molecule has 0 aliphatic heterocycles. The molecule has 2 rings (SSSR count). The van der Waals surface area contributed by atoms with Crippen LogP contribution in [-0.4, -0.2) is 11.9 Å². The van der Waals surface area contributed by atoms with Crippen molar-refractivity contribution in [1.29, 1.82) is 0 Å². The molecule has 0 aliphatic rings. The number of halogens is 1. The summed E-state index contributed by atoms with van der Waals surface area (Å²) >= 11 is 1.61. The van der Waals surface area contributed by atoms with Crippen LogP contribution in [0.3, 0.4) is 0 Å². The summed E-state index contributed by atoms with van der Waals surface area (Å²) in [6.45, 7) is 4.30. The van der Waals surface area contributed by atoms with Crippen molar-refractivity contribution in [3.05, 3.63) is 52.0 Å². The maximum atomic E-state index is 12.9. The van der Waals surface area contributed by atoms with Crippen molar-refractivity contribution >= 4 is 22.9 Å². The third-order valence-electron chi connectivity index (χ3n) is 3.12. The van der Waals surface area contributed by atoms with Gasteiger partial charge in [-0.25, -0.2) is 4.39 Å². The van der Waals surface area contributed by atoms with Crippen LogP contribution in [0.1, 0.15) is 24.3 Å². The van der Waals surface area contributed by atoms with E-state index in [1.165, 1.54) is 19.1 Å². The lowest BCUT2D eigenvalue weighted by molar-refractivity contribution is -0.114. The standard InChI is InChI=1S/C16H19FN2OS/c1-11(9-13-3-5-14(17)6-4-13)18-10-16-15(7-8-21-16)19-12(2)20/h3-8,11,18H,9-10H2,1-2H3,(H,19,20). The van der Waals surface area contributed by atoms with Crippen LogP contribution >= 0.6 is 11.3 Å². The molecule has 2 aromatic rings. The van der Waals surface area contributed by atoms with Crippen LogP contribution in [0.15, 0.2) is 35.7 Å². The molecule has 0 radical (unpaired) electrons. The zero-order valence-electron chi connectivity index (χ0n) is 12.2. The highest BCUT2D eigenvalue weighted by atomic mass is 32.1. The maximum absolute atomic E-state index is 12.9. The van der Waals surface area contributed by atoms with Crippen molar-refractivity contribution in [1.82, 2.24) is 5.32 Å². The molecule has 1 amide bonds. The van der Waals surface area contributed by atoms with Crippen LogP contribution in [0.4, 0.5) is 10.1 Å². The monoisotopic (exact) mass is 306 g/mol. The summed E-state index contributed by atoms with van der Waals surface area (Å²) in [6.07, 6.45) is 0.834. The fourth-order valence-electron chi connectivity index (χ4n) is 2.09. The fraction of sp³-hybridized carbons (Fsp3) is 0.312. The van der Waals surface area contributed by atoms with Crippen LogP contribution in [0.2, 0.25) is 0 Å². The Balaban J connectivity index is 1.86. The van der Waals surface area contributed by atoms with E-state index in [1.54, 1.807) is 23.5 Å². The van der Waals surface area contributed by atoms with Crippen LogP contribution in [0.25, 0.3) is 0 Å². The molecule has 112 valence electrons. The summed E-state index contributed by atoms with van der Waals surface area (Å²) in [7, 11) is 0. The topological polar surface area (TPSA) is 41.1 Å². The average Bonchev–Trinajstić information content (AvgIpc) is 2.85. The lowest BCUT2D eigenvalue weighted by Gasteiger charge is -2.14. The molecular weight excluding hydrogens is 287 g/mol. The zero-order valence-corrected chi connectivity index (χ0v) is 13.0. The Morgan fingerprint density at radius 1 is 1.29 bits per heavy atom. The van der Waals surface area contributed by atoms with E-state index in [0.29, 0.717) is 6.54 Å². The number of carbonyl (C=O) groups is 1. The highest BCUT2D eigenvalue weighted by molar-refractivity contribution is 7.10. The molecule has 0 spiro atoms. The lowest BCUT2D eigenvalue weighted by atomic mass is 10.1. The predicted octanol–water partition coefficient (Wildman–Crippen LogP) is 3.57. The van der Waals surface area contributed by atoms with E-state index in [-0.39, 0.29) is 17.8 Å². The van der Waals surface area contributed by atoms with Gasteiger partial charge in [0.25, 0.3) is 0 Å². The van der Waals surface area contributed by atoms with Gasteiger partial charge in [-0.1, -0.05) is 12.1 Å². The lowest BCUT2D eigenvalue weighted by Crippen LogP contribution is -2.27. The van der Waals surface area contributed by atoms with E-state index in [1.807, 2.05) is 11.4 Å². The highest BCUT2D eigenvalue weighted by Crippen LogP contribution is 2.22. The van der Waals surface area contributed by atoms with Gasteiger partial charge >= 0.3 is 0 Å². The molecule has 0 bridgehead atoms. The van der Waals surface area contributed by atoms with Crippen molar-refractivity contribution in [2.24, 2.45) is 0 Å². The molecule has 0 saturated heterocycles. The van der Waals surface area contributed by atoms with E-state index >= 15 is 0 Å². The number of carbonyl (C=O) groups excluding carboxylic acids is 1. The fourth-order valence-corrected chi connectivity index (χ4v) is 2.87. The first-order chi connectivity index (χ1) is 10.0. The van der Waals surface area contributed by atoms with Crippen LogP contribution in [-0.2, 0) is 17.8 Å². The molecule has 5 heteroatoms. The van der Waals surface area contributed by atoms with Gasteiger partial charge in [0.15, 0.2) is 0 Å². The number of rotatable bonds is 6. The molecule has 0 fully saturated rings. The van der Waals surface area contributed by atoms with Gasteiger partial charge in [-0.15, -0.1) is 11.3 Å². The van der Waals surface area contributed by atoms with Crippen molar-refractivity contribution in [3.8, 4) is 0 Å². The smallest absolute Gasteiger partial charge is 0.221 e. The van der Waals surface area contributed by atoms with Gasteiger partial charge in [0, 0.05) is 24.4 Å². The first kappa shape index (κ1) is 15.7. The molecule has 21 heavy (non-hydrogen) atoms. The summed E-state index contributed by atoms with van der Waals surface area (Å²) in [5.41, 5.74) is 1.97. The number of hydrogen-bond donors (Lipinski definition) is 2. The third kappa shape index (κ3) is 4.95. The van der Waals surface area contributed by atoms with Gasteiger partial charge in [0.1, 0.15) is 5.82 Å². The summed E-state index contributed by atoms with van der Waals surface area (Å²) in [5.74, 6) is -0.271. The molecule has 0 saturated carbocycles. The number of hydrogen-bond acceptors (Lipinski definition) is 3. The summed E-state index contributed by atoms with van der Waals surface area (Å²) in [6, 6.07) is 8.76. The Hall–Kier alpha value is -1.72. The molecule has 1 heterocycles. The first-order valence-corrected chi connectivity index (χ1v) is 7.74. The Kier molecular flexibility index (Phi) is 5.47. The molecule has 1 aromatic carbocycles. The second-order valence-electron chi connectivity index (χ2n) is 5.05. The number of anilines is 1.